The molecule has 4 aromatic carbocycles. The molecule has 4 fully saturated rings. The number of likely N-dealkylation sites (tertiary alicyclic amines) is 1. The van der Waals surface area contributed by atoms with Gasteiger partial charge in [-0.1, -0.05) is 96.7 Å². The van der Waals surface area contributed by atoms with Crippen LogP contribution in [0, 0.1) is 11.8 Å². The zero-order valence-corrected chi connectivity index (χ0v) is 41.4. The quantitative estimate of drug-likeness (QED) is 0.117. The molecule has 0 bridgehead atoms. The lowest BCUT2D eigenvalue weighted by atomic mass is 9.62. The Morgan fingerprint density at radius 2 is 1.08 bits per heavy atom. The topological polar surface area (TPSA) is 124 Å². The third-order valence-corrected chi connectivity index (χ3v) is 16.6. The highest BCUT2D eigenvalue weighted by Crippen LogP contribution is 2.46. The summed E-state index contributed by atoms with van der Waals surface area (Å²) in [5.41, 5.74) is 2.87. The van der Waals surface area contributed by atoms with Gasteiger partial charge in [-0.2, -0.15) is 0 Å². The van der Waals surface area contributed by atoms with E-state index < -0.39 is 20.0 Å². The Morgan fingerprint density at radius 3 is 1.48 bits per heavy atom. The predicted octanol–water partition coefficient (Wildman–Crippen LogP) is 9.53. The van der Waals surface area contributed by atoms with Crippen molar-refractivity contribution < 1.29 is 26.4 Å². The molecule has 2 aliphatic heterocycles. The standard InChI is InChI=1S/C25H31ClN2O3S.C13H20N2O2S.C12H12Cl2O/c1-32(30,31)28(23-8-3-2-4-9-23)18-20-7-5-16-27(17-20)19-24(29)25(14-6-15-25)21-10-12-22(26)13-11-21;1-18(16,17)15(13-7-3-2-4-8-13)11-12-6-5-9-14-10-12;13-8-11(15)12(6-1-7-12)9-2-4-10(14)5-3-9/h2-4,8-13,20H,5-7,14-19H2,1H3;2-4,7-8,12,14H,5-6,9-11H2,1H3;2-5H,1,6-8H2. The fourth-order valence-electron chi connectivity index (χ4n) is 9.58. The first-order valence-electron chi connectivity index (χ1n) is 22.7. The van der Waals surface area contributed by atoms with Crippen LogP contribution in [0.25, 0.3) is 0 Å². The highest BCUT2D eigenvalue weighted by atomic mass is 35.5. The number of piperidine rings is 2. The number of alkyl halides is 1. The van der Waals surface area contributed by atoms with Crippen molar-refractivity contribution in [2.75, 3.05) is 72.8 Å². The summed E-state index contributed by atoms with van der Waals surface area (Å²) in [6, 6.07) is 33.8. The number of para-hydroxylation sites is 2. The first-order valence-corrected chi connectivity index (χ1v) is 27.7. The minimum absolute atomic E-state index is 0.0998. The maximum absolute atomic E-state index is 13.4. The lowest BCUT2D eigenvalue weighted by Crippen LogP contribution is -2.50. The average molecular weight is 987 g/mol. The highest BCUT2D eigenvalue weighted by Gasteiger charge is 2.46. The summed E-state index contributed by atoms with van der Waals surface area (Å²) in [7, 11) is -6.59. The van der Waals surface area contributed by atoms with E-state index in [1.807, 2.05) is 109 Å². The van der Waals surface area contributed by atoms with Crippen molar-refractivity contribution in [1.29, 1.82) is 0 Å². The second-order valence-corrected chi connectivity index (χ2v) is 23.0. The van der Waals surface area contributed by atoms with E-state index in [-0.39, 0.29) is 34.2 Å². The second kappa shape index (κ2) is 23.0. The number of sulfonamides is 2. The van der Waals surface area contributed by atoms with Crippen molar-refractivity contribution in [2.45, 2.75) is 75.0 Å². The number of hydrogen-bond acceptors (Lipinski definition) is 8. The lowest BCUT2D eigenvalue weighted by Gasteiger charge is -2.43. The van der Waals surface area contributed by atoms with Crippen molar-refractivity contribution in [2.24, 2.45) is 11.8 Å². The van der Waals surface area contributed by atoms with Crippen LogP contribution in [0.2, 0.25) is 10.0 Å². The van der Waals surface area contributed by atoms with Crippen LogP contribution in [-0.4, -0.2) is 97.5 Å². The third-order valence-electron chi connectivity index (χ3n) is 13.5. The molecule has 4 aliphatic rings. The summed E-state index contributed by atoms with van der Waals surface area (Å²) in [6.45, 7) is 4.99. The summed E-state index contributed by atoms with van der Waals surface area (Å²) >= 11 is 17.5. The number of halogens is 3. The Hall–Kier alpha value is -3.49. The smallest absolute Gasteiger partial charge is 0.232 e. The van der Waals surface area contributed by atoms with Crippen molar-refractivity contribution in [1.82, 2.24) is 10.2 Å². The van der Waals surface area contributed by atoms with E-state index in [9.17, 15) is 26.4 Å². The van der Waals surface area contributed by atoms with Crippen molar-refractivity contribution in [3.05, 3.63) is 130 Å². The molecular formula is C50H63Cl3N4O6S2. The molecule has 10 nitrogen and oxygen atoms in total. The van der Waals surface area contributed by atoms with Gasteiger partial charge < -0.3 is 5.32 Å². The summed E-state index contributed by atoms with van der Waals surface area (Å²) in [5.74, 6) is 1.10. The van der Waals surface area contributed by atoms with Gasteiger partial charge in [0.2, 0.25) is 20.0 Å². The van der Waals surface area contributed by atoms with Crippen LogP contribution in [0.3, 0.4) is 0 Å². The molecule has 0 amide bonds. The van der Waals surface area contributed by atoms with Gasteiger partial charge >= 0.3 is 0 Å². The van der Waals surface area contributed by atoms with Gasteiger partial charge in [0.05, 0.1) is 47.1 Å². The normalized spacial score (nSPS) is 20.3. The van der Waals surface area contributed by atoms with Gasteiger partial charge in [0, 0.05) is 29.7 Å². The van der Waals surface area contributed by atoms with Crippen LogP contribution in [0.4, 0.5) is 11.4 Å². The van der Waals surface area contributed by atoms with E-state index in [2.05, 4.69) is 10.2 Å². The monoisotopic (exact) mass is 984 g/mol. The number of carbonyl (C=O) groups is 2. The average Bonchev–Trinajstić information content (AvgIpc) is 3.26. The van der Waals surface area contributed by atoms with E-state index in [0.29, 0.717) is 41.3 Å². The fraction of sp³-hybridized carbons (Fsp3) is 0.480. The number of benzene rings is 4. The van der Waals surface area contributed by atoms with Crippen LogP contribution in [-0.2, 0) is 40.5 Å². The Kier molecular flexibility index (Phi) is 18.0. The van der Waals surface area contributed by atoms with Gasteiger partial charge in [0.25, 0.3) is 0 Å². The molecule has 2 heterocycles. The SMILES string of the molecule is CS(=O)(=O)N(CC1CCCN(CC(=O)C2(c3ccc(Cl)cc3)CCC2)C1)c1ccccc1.CS(=O)(=O)N(CC1CCCNC1)c1ccccc1.O=C(CCl)C1(c2ccc(Cl)cc2)CCC1. The van der Waals surface area contributed by atoms with Crippen molar-refractivity contribution >= 4 is 77.8 Å². The Bertz CT molecular complexity index is 2380. The molecule has 2 unspecified atom stereocenters. The van der Waals surface area contributed by atoms with E-state index in [1.165, 1.54) is 21.1 Å². The second-order valence-electron chi connectivity index (χ2n) is 18.1. The molecule has 15 heteroatoms. The number of rotatable bonds is 15. The molecule has 65 heavy (non-hydrogen) atoms. The van der Waals surface area contributed by atoms with Crippen LogP contribution < -0.4 is 13.9 Å². The molecule has 2 saturated carbocycles. The molecule has 8 rings (SSSR count). The minimum Gasteiger partial charge on any atom is -0.316 e. The summed E-state index contributed by atoms with van der Waals surface area (Å²) in [6.07, 6.45) is 12.5. The Balaban J connectivity index is 0.000000178. The zero-order valence-electron chi connectivity index (χ0n) is 37.5. The number of anilines is 2. The van der Waals surface area contributed by atoms with Gasteiger partial charge in [0.1, 0.15) is 0 Å². The van der Waals surface area contributed by atoms with E-state index >= 15 is 0 Å². The number of nitrogens with zero attached hydrogens (tertiary/aromatic N) is 3. The Labute approximate surface area is 402 Å². The van der Waals surface area contributed by atoms with E-state index in [4.69, 9.17) is 34.8 Å². The Morgan fingerprint density at radius 1 is 0.631 bits per heavy atom. The molecular weight excluding hydrogens is 923 g/mol. The minimum atomic E-state index is -3.38. The number of nitrogens with one attached hydrogen (secondary N) is 1. The third kappa shape index (κ3) is 13.4. The van der Waals surface area contributed by atoms with Crippen LogP contribution in [0.5, 0.6) is 0 Å². The maximum Gasteiger partial charge on any atom is 0.232 e. The van der Waals surface area contributed by atoms with Gasteiger partial charge in [-0.25, -0.2) is 16.8 Å². The molecule has 1 N–H and O–H groups in total. The number of hydrogen-bond donors (Lipinski definition) is 1. The van der Waals surface area contributed by atoms with Crippen LogP contribution in [0.1, 0.15) is 75.3 Å². The summed E-state index contributed by atoms with van der Waals surface area (Å²) in [5, 5.41) is 4.71. The highest BCUT2D eigenvalue weighted by molar-refractivity contribution is 7.92. The zero-order chi connectivity index (χ0) is 46.7. The first-order chi connectivity index (χ1) is 31.0. The predicted molar refractivity (Wildman–Crippen MR) is 267 cm³/mol. The van der Waals surface area contributed by atoms with Crippen LogP contribution >= 0.6 is 34.8 Å². The van der Waals surface area contributed by atoms with Crippen molar-refractivity contribution in [3.63, 3.8) is 0 Å². The van der Waals surface area contributed by atoms with Crippen molar-refractivity contribution in [3.8, 4) is 0 Å². The van der Waals surface area contributed by atoms with Crippen LogP contribution in [0.15, 0.2) is 109 Å². The van der Waals surface area contributed by atoms with Gasteiger partial charge in [-0.05, 0) is 142 Å². The molecule has 4 aromatic rings. The molecule has 0 spiro atoms. The summed E-state index contributed by atoms with van der Waals surface area (Å²) in [4.78, 5) is 27.5. The van der Waals surface area contributed by atoms with E-state index in [1.54, 1.807) is 0 Å². The number of Topliss-reactive ketones (excluding diaryl/α,β-unsaturated/α-hetero) is 2. The summed E-state index contributed by atoms with van der Waals surface area (Å²) < 4.78 is 51.8. The number of ketones is 2. The molecule has 2 aliphatic carbocycles. The number of carbonyl (C=O) groups excluding carboxylic acids is 2. The van der Waals surface area contributed by atoms with E-state index in [0.717, 1.165) is 107 Å². The molecule has 0 aromatic heterocycles. The van der Waals surface area contributed by atoms with Gasteiger partial charge in [-0.15, -0.1) is 11.6 Å². The molecule has 0 radical (unpaired) electrons. The van der Waals surface area contributed by atoms with Gasteiger partial charge in [0.15, 0.2) is 11.6 Å². The van der Waals surface area contributed by atoms with Gasteiger partial charge in [-0.3, -0.25) is 23.1 Å². The fourth-order valence-corrected chi connectivity index (χ4v) is 12.1. The lowest BCUT2D eigenvalue weighted by molar-refractivity contribution is -0.129. The molecule has 352 valence electrons. The first kappa shape index (κ1) is 50.9. The molecule has 2 saturated heterocycles. The molecule has 2 atom stereocenters. The maximum atomic E-state index is 13.4. The largest absolute Gasteiger partial charge is 0.316 e.